The number of benzene rings is 2. The highest BCUT2D eigenvalue weighted by Gasteiger charge is 2.33. The highest BCUT2D eigenvalue weighted by Crippen LogP contribution is 2.35. The van der Waals surface area contributed by atoms with E-state index in [4.69, 9.17) is 31.4 Å². The van der Waals surface area contributed by atoms with Gasteiger partial charge in [-0.05, 0) is 42.1 Å². The third-order valence-corrected chi connectivity index (χ3v) is 5.13. The van der Waals surface area contributed by atoms with Crippen molar-refractivity contribution in [1.29, 1.82) is 0 Å². The zero-order chi connectivity index (χ0) is 23.2. The maximum atomic E-state index is 13.5. The second kappa shape index (κ2) is 10.2. The molecular weight excluding hydrogens is 431 g/mol. The van der Waals surface area contributed by atoms with Crippen molar-refractivity contribution in [3.05, 3.63) is 53.3 Å². The summed E-state index contributed by atoms with van der Waals surface area (Å²) in [6.07, 6.45) is -0.0878. The molecule has 0 radical (unpaired) electrons. The molecule has 0 aliphatic carbocycles. The molecule has 0 saturated carbocycles. The highest BCUT2D eigenvalue weighted by molar-refractivity contribution is 6.31. The Morgan fingerprint density at radius 2 is 1.77 bits per heavy atom. The third kappa shape index (κ3) is 6.40. The van der Waals surface area contributed by atoms with Crippen molar-refractivity contribution in [2.24, 2.45) is 5.41 Å². The van der Waals surface area contributed by atoms with Crippen LogP contribution in [0.4, 0.5) is 14.9 Å². The number of nitrogens with zero attached hydrogens (tertiary/aromatic N) is 1. The number of aliphatic carboxylic acids is 2. The van der Waals surface area contributed by atoms with Crippen molar-refractivity contribution >= 4 is 35.3 Å². The molecule has 0 unspecified atom stereocenters. The van der Waals surface area contributed by atoms with Crippen LogP contribution in [0, 0.1) is 11.2 Å². The van der Waals surface area contributed by atoms with Crippen LogP contribution in [-0.4, -0.2) is 53.0 Å². The molecule has 4 N–H and O–H groups in total. The molecule has 3 rings (SSSR count). The Kier molecular flexibility index (Phi) is 7.95. The summed E-state index contributed by atoms with van der Waals surface area (Å²) in [7, 11) is 0. The zero-order valence-corrected chi connectivity index (χ0v) is 17.4. The van der Waals surface area contributed by atoms with Gasteiger partial charge in [-0.1, -0.05) is 42.8 Å². The Morgan fingerprint density at radius 1 is 1.13 bits per heavy atom. The zero-order valence-electron chi connectivity index (χ0n) is 16.6. The maximum absolute atomic E-state index is 13.5. The summed E-state index contributed by atoms with van der Waals surface area (Å²) >= 11 is 5.90. The number of hydrogen-bond donors (Lipinski definition) is 4. The lowest BCUT2D eigenvalue weighted by atomic mass is 9.88. The monoisotopic (exact) mass is 452 g/mol. The Bertz CT molecular complexity index is 966. The Hall–Kier alpha value is -3.17. The maximum Gasteiger partial charge on any atom is 0.414 e. The van der Waals surface area contributed by atoms with Gasteiger partial charge < -0.3 is 20.6 Å². The number of rotatable bonds is 4. The van der Waals surface area contributed by atoms with Gasteiger partial charge in [0, 0.05) is 18.7 Å². The molecular formula is C21H22ClFN2O6. The van der Waals surface area contributed by atoms with E-state index in [9.17, 15) is 14.3 Å². The average molecular weight is 453 g/mol. The SMILES string of the molecule is C[C@@]1(CN(C(=O)O)c2ccccc2-c2ccc(F)c(Cl)c2)CCNC1.O=C(O)C(=O)O. The van der Waals surface area contributed by atoms with E-state index in [1.807, 2.05) is 12.1 Å². The number of carbonyl (C=O) groups is 3. The summed E-state index contributed by atoms with van der Waals surface area (Å²) in [4.78, 5) is 31.5. The lowest BCUT2D eigenvalue weighted by Gasteiger charge is -2.31. The third-order valence-electron chi connectivity index (χ3n) is 4.84. The minimum atomic E-state index is -1.82. The summed E-state index contributed by atoms with van der Waals surface area (Å²) < 4.78 is 13.5. The minimum absolute atomic E-state index is 0.0149. The van der Waals surface area contributed by atoms with Gasteiger partial charge >= 0.3 is 18.0 Å². The molecule has 0 bridgehead atoms. The first kappa shape index (κ1) is 24.1. The molecule has 1 saturated heterocycles. The van der Waals surface area contributed by atoms with Gasteiger partial charge in [0.15, 0.2) is 0 Å². The van der Waals surface area contributed by atoms with Crippen molar-refractivity contribution in [3.63, 3.8) is 0 Å². The van der Waals surface area contributed by atoms with Gasteiger partial charge in [0.2, 0.25) is 0 Å². The number of amides is 1. The van der Waals surface area contributed by atoms with Gasteiger partial charge in [-0.25, -0.2) is 18.8 Å². The fourth-order valence-corrected chi connectivity index (χ4v) is 3.44. The number of nitrogens with one attached hydrogen (secondary N) is 1. The van der Waals surface area contributed by atoms with Gasteiger partial charge in [0.05, 0.1) is 10.7 Å². The summed E-state index contributed by atoms with van der Waals surface area (Å²) in [5.41, 5.74) is 1.85. The van der Waals surface area contributed by atoms with Crippen LogP contribution in [0.2, 0.25) is 5.02 Å². The summed E-state index contributed by atoms with van der Waals surface area (Å²) in [6.45, 7) is 4.14. The van der Waals surface area contributed by atoms with E-state index in [-0.39, 0.29) is 10.4 Å². The van der Waals surface area contributed by atoms with E-state index < -0.39 is 23.8 Å². The molecule has 0 aromatic heterocycles. The summed E-state index contributed by atoms with van der Waals surface area (Å²) in [6, 6.07) is 11.6. The Balaban J connectivity index is 0.000000501. The van der Waals surface area contributed by atoms with E-state index in [0.717, 1.165) is 19.5 Å². The molecule has 2 aromatic rings. The number of hydrogen-bond acceptors (Lipinski definition) is 4. The normalized spacial score (nSPS) is 17.4. The fraction of sp³-hybridized carbons (Fsp3) is 0.286. The van der Waals surface area contributed by atoms with E-state index in [2.05, 4.69) is 12.2 Å². The quantitative estimate of drug-likeness (QED) is 0.520. The van der Waals surface area contributed by atoms with Crippen molar-refractivity contribution in [2.45, 2.75) is 13.3 Å². The Labute approximate surface area is 182 Å². The van der Waals surface area contributed by atoms with Crippen LogP contribution in [0.15, 0.2) is 42.5 Å². The van der Waals surface area contributed by atoms with Crippen molar-refractivity contribution < 1.29 is 34.1 Å². The van der Waals surface area contributed by atoms with Crippen LogP contribution in [0.3, 0.4) is 0 Å². The fourth-order valence-electron chi connectivity index (χ4n) is 3.26. The summed E-state index contributed by atoms with van der Waals surface area (Å²) in [5.74, 6) is -4.15. The number of anilines is 1. The molecule has 10 heteroatoms. The predicted molar refractivity (Wildman–Crippen MR) is 113 cm³/mol. The first-order valence-electron chi connectivity index (χ1n) is 9.26. The van der Waals surface area contributed by atoms with E-state index in [1.54, 1.807) is 18.2 Å². The van der Waals surface area contributed by atoms with Gasteiger partial charge in [-0.15, -0.1) is 0 Å². The van der Waals surface area contributed by atoms with Crippen LogP contribution in [0.5, 0.6) is 0 Å². The number of carboxylic acids is 2. The molecule has 31 heavy (non-hydrogen) atoms. The van der Waals surface area contributed by atoms with Crippen LogP contribution in [0.25, 0.3) is 11.1 Å². The number of halogens is 2. The second-order valence-corrected chi connectivity index (χ2v) is 7.77. The predicted octanol–water partition coefficient (Wildman–Crippen LogP) is 3.79. The van der Waals surface area contributed by atoms with Gasteiger partial charge in [0.25, 0.3) is 0 Å². The van der Waals surface area contributed by atoms with E-state index in [0.29, 0.717) is 23.4 Å². The van der Waals surface area contributed by atoms with Gasteiger partial charge in [-0.2, -0.15) is 0 Å². The first-order valence-corrected chi connectivity index (χ1v) is 9.64. The van der Waals surface area contributed by atoms with Crippen LogP contribution >= 0.6 is 11.6 Å². The van der Waals surface area contributed by atoms with E-state index >= 15 is 0 Å². The Morgan fingerprint density at radius 3 is 2.29 bits per heavy atom. The van der Waals surface area contributed by atoms with Gasteiger partial charge in [-0.3, -0.25) is 4.90 Å². The number of carboxylic acid groups (broad SMARTS) is 3. The smallest absolute Gasteiger partial charge is 0.414 e. The van der Waals surface area contributed by atoms with Crippen molar-refractivity contribution in [3.8, 4) is 11.1 Å². The molecule has 1 heterocycles. The molecule has 1 amide bonds. The summed E-state index contributed by atoms with van der Waals surface area (Å²) in [5, 5.41) is 27.9. The highest BCUT2D eigenvalue weighted by atomic mass is 35.5. The molecule has 8 nitrogen and oxygen atoms in total. The molecule has 1 aliphatic rings. The molecule has 1 atom stereocenters. The van der Waals surface area contributed by atoms with Crippen LogP contribution in [0.1, 0.15) is 13.3 Å². The molecule has 0 spiro atoms. The van der Waals surface area contributed by atoms with E-state index in [1.165, 1.54) is 17.0 Å². The van der Waals surface area contributed by atoms with Gasteiger partial charge in [0.1, 0.15) is 5.82 Å². The average Bonchev–Trinajstić information content (AvgIpc) is 3.15. The largest absolute Gasteiger partial charge is 0.473 e. The van der Waals surface area contributed by atoms with Crippen LogP contribution in [-0.2, 0) is 9.59 Å². The molecule has 166 valence electrons. The first-order chi connectivity index (χ1) is 14.5. The molecule has 1 fully saturated rings. The lowest BCUT2D eigenvalue weighted by molar-refractivity contribution is -0.159. The molecule has 2 aromatic carbocycles. The molecule has 1 aliphatic heterocycles. The standard InChI is InChI=1S/C19H20ClFN2O2.C2H2O4/c1-19(8-9-22-11-19)12-23(18(24)25)17-5-3-2-4-14(17)13-6-7-16(21)15(20)10-13;3-1(4)2(5)6/h2-7,10,22H,8-9,11-12H2,1H3,(H,24,25);(H,3,4)(H,5,6)/t19-;/m1./s1. The van der Waals surface area contributed by atoms with Crippen molar-refractivity contribution in [2.75, 3.05) is 24.5 Å². The minimum Gasteiger partial charge on any atom is -0.473 e. The van der Waals surface area contributed by atoms with Crippen LogP contribution < -0.4 is 10.2 Å². The number of para-hydroxylation sites is 1. The topological polar surface area (TPSA) is 127 Å². The second-order valence-electron chi connectivity index (χ2n) is 7.36. The lowest BCUT2D eigenvalue weighted by Crippen LogP contribution is -2.40. The van der Waals surface area contributed by atoms with Crippen molar-refractivity contribution in [1.82, 2.24) is 5.32 Å².